The molecule has 1 heterocycles. The summed E-state index contributed by atoms with van der Waals surface area (Å²) in [7, 11) is 1.72. The minimum Gasteiger partial charge on any atom is -0.349 e. The van der Waals surface area contributed by atoms with Crippen molar-refractivity contribution in [3.8, 4) is 0 Å². The molecule has 0 saturated heterocycles. The standard InChI is InChI=1S/C22H27N3O2S.ClH/c1-25(22(27)19-10-5-11-28-19)18-9-3-2-8-17(18)21(26)24-20-14-6-4-7-15(20)13-16(23)12-14;/h2-3,5,8-11,14-16,20H,4,6-7,12-13,23H2,1H3,(H,24,26);1H. The highest BCUT2D eigenvalue weighted by Crippen LogP contribution is 2.40. The molecule has 0 radical (unpaired) electrons. The second-order valence-corrected chi connectivity index (χ2v) is 8.99. The van der Waals surface area contributed by atoms with Crippen molar-refractivity contribution in [1.82, 2.24) is 5.32 Å². The first-order valence-electron chi connectivity index (χ1n) is 10.0. The van der Waals surface area contributed by atoms with Crippen LogP contribution in [0.25, 0.3) is 0 Å². The molecule has 2 amide bonds. The molecule has 0 aliphatic heterocycles. The van der Waals surface area contributed by atoms with Gasteiger partial charge in [-0.15, -0.1) is 23.7 Å². The number of rotatable bonds is 4. The molecular weight excluding hydrogens is 406 g/mol. The molecule has 156 valence electrons. The summed E-state index contributed by atoms with van der Waals surface area (Å²) >= 11 is 1.40. The molecule has 2 aliphatic carbocycles. The van der Waals surface area contributed by atoms with Gasteiger partial charge in [0, 0.05) is 19.1 Å². The van der Waals surface area contributed by atoms with Crippen LogP contribution in [0.4, 0.5) is 5.69 Å². The van der Waals surface area contributed by atoms with Crippen LogP contribution in [0.5, 0.6) is 0 Å². The molecular formula is C22H28ClN3O2S. The van der Waals surface area contributed by atoms with Crippen molar-refractivity contribution < 1.29 is 9.59 Å². The Morgan fingerprint density at radius 2 is 1.79 bits per heavy atom. The SMILES string of the molecule is CN(C(=O)c1cccs1)c1ccccc1C(=O)NC1C2CCCC1CC(N)C2.Cl. The molecule has 3 N–H and O–H groups in total. The van der Waals surface area contributed by atoms with Crippen molar-refractivity contribution in [1.29, 1.82) is 0 Å². The van der Waals surface area contributed by atoms with E-state index in [2.05, 4.69) is 5.32 Å². The molecule has 1 aromatic heterocycles. The van der Waals surface area contributed by atoms with Gasteiger partial charge in [0.15, 0.2) is 0 Å². The number of para-hydroxylation sites is 1. The maximum Gasteiger partial charge on any atom is 0.268 e. The average Bonchev–Trinajstić information content (AvgIpc) is 3.22. The molecule has 5 nitrogen and oxygen atoms in total. The van der Waals surface area contributed by atoms with Crippen LogP contribution in [0, 0.1) is 11.8 Å². The summed E-state index contributed by atoms with van der Waals surface area (Å²) in [5, 5.41) is 5.18. The van der Waals surface area contributed by atoms with Crippen LogP contribution in [-0.4, -0.2) is 30.9 Å². The quantitative estimate of drug-likeness (QED) is 0.762. The lowest BCUT2D eigenvalue weighted by atomic mass is 9.67. The van der Waals surface area contributed by atoms with Crippen molar-refractivity contribution in [2.24, 2.45) is 17.6 Å². The molecule has 7 heteroatoms. The van der Waals surface area contributed by atoms with Gasteiger partial charge in [-0.05, 0) is 61.1 Å². The fourth-order valence-electron chi connectivity index (χ4n) is 4.89. The van der Waals surface area contributed by atoms with Gasteiger partial charge in [-0.1, -0.05) is 24.6 Å². The van der Waals surface area contributed by atoms with Crippen LogP contribution in [0.3, 0.4) is 0 Å². The second-order valence-electron chi connectivity index (χ2n) is 8.04. The number of amides is 2. The minimum atomic E-state index is -0.101. The summed E-state index contributed by atoms with van der Waals surface area (Å²) in [4.78, 5) is 28.2. The van der Waals surface area contributed by atoms with E-state index in [1.54, 1.807) is 24.1 Å². The summed E-state index contributed by atoms with van der Waals surface area (Å²) in [5.74, 6) is 0.725. The number of nitrogens with two attached hydrogens (primary N) is 1. The lowest BCUT2D eigenvalue weighted by Gasteiger charge is -2.45. The molecule has 2 aromatic rings. The third-order valence-electron chi connectivity index (χ3n) is 6.22. The summed E-state index contributed by atoms with van der Waals surface area (Å²) in [6.07, 6.45) is 5.46. The Hall–Kier alpha value is -1.89. The molecule has 1 aromatic carbocycles. The number of nitrogens with one attached hydrogen (secondary N) is 1. The Kier molecular flexibility index (Phi) is 6.98. The average molecular weight is 434 g/mol. The second kappa shape index (κ2) is 9.28. The third-order valence-corrected chi connectivity index (χ3v) is 7.08. The number of halogens is 1. The van der Waals surface area contributed by atoms with Crippen LogP contribution in [0.1, 0.15) is 52.1 Å². The van der Waals surface area contributed by atoms with E-state index in [4.69, 9.17) is 5.73 Å². The van der Waals surface area contributed by atoms with E-state index >= 15 is 0 Å². The van der Waals surface area contributed by atoms with Crippen LogP contribution >= 0.6 is 23.7 Å². The number of hydrogen-bond donors (Lipinski definition) is 2. The highest BCUT2D eigenvalue weighted by atomic mass is 35.5. The van der Waals surface area contributed by atoms with Crippen molar-refractivity contribution >= 4 is 41.2 Å². The molecule has 0 spiro atoms. The van der Waals surface area contributed by atoms with E-state index < -0.39 is 0 Å². The zero-order chi connectivity index (χ0) is 19.7. The van der Waals surface area contributed by atoms with Gasteiger partial charge in [0.1, 0.15) is 0 Å². The van der Waals surface area contributed by atoms with E-state index in [1.807, 2.05) is 29.6 Å². The number of thiophene rings is 1. The van der Waals surface area contributed by atoms with Crippen molar-refractivity contribution in [3.63, 3.8) is 0 Å². The molecule has 2 saturated carbocycles. The summed E-state index contributed by atoms with van der Waals surface area (Å²) in [6.45, 7) is 0. The van der Waals surface area contributed by atoms with Gasteiger partial charge in [0.05, 0.1) is 16.1 Å². The molecule has 2 aliphatic rings. The number of carbonyl (C=O) groups excluding carboxylic acids is 2. The van der Waals surface area contributed by atoms with Crippen LogP contribution in [0.15, 0.2) is 41.8 Å². The predicted octanol–water partition coefficient (Wildman–Crippen LogP) is 4.08. The van der Waals surface area contributed by atoms with Gasteiger partial charge in [-0.2, -0.15) is 0 Å². The number of nitrogens with zero attached hydrogens (tertiary/aromatic N) is 1. The largest absolute Gasteiger partial charge is 0.349 e. The fourth-order valence-corrected chi connectivity index (χ4v) is 5.59. The molecule has 4 rings (SSSR count). The topological polar surface area (TPSA) is 75.4 Å². The van der Waals surface area contributed by atoms with Crippen molar-refractivity contribution in [2.75, 3.05) is 11.9 Å². The van der Waals surface area contributed by atoms with Gasteiger partial charge in [-0.25, -0.2) is 0 Å². The zero-order valence-electron chi connectivity index (χ0n) is 16.5. The Balaban J connectivity index is 0.00000240. The Morgan fingerprint density at radius 3 is 2.45 bits per heavy atom. The number of anilines is 1. The highest BCUT2D eigenvalue weighted by Gasteiger charge is 2.40. The normalized spacial score (nSPS) is 25.6. The summed E-state index contributed by atoms with van der Waals surface area (Å²) in [5.41, 5.74) is 7.40. The third kappa shape index (κ3) is 4.49. The molecule has 2 fully saturated rings. The molecule has 2 atom stereocenters. The smallest absolute Gasteiger partial charge is 0.268 e. The van der Waals surface area contributed by atoms with E-state index in [9.17, 15) is 9.59 Å². The number of fused-ring (bicyclic) bond motifs is 2. The van der Waals surface area contributed by atoms with Crippen molar-refractivity contribution in [3.05, 3.63) is 52.2 Å². The summed E-state index contributed by atoms with van der Waals surface area (Å²) in [6, 6.07) is 11.4. The van der Waals surface area contributed by atoms with E-state index in [0.717, 1.165) is 25.7 Å². The van der Waals surface area contributed by atoms with Crippen molar-refractivity contribution in [2.45, 2.75) is 44.2 Å². The Bertz CT molecular complexity index is 844. The monoisotopic (exact) mass is 433 g/mol. The maximum absolute atomic E-state index is 13.2. The Morgan fingerprint density at radius 1 is 1.10 bits per heavy atom. The Labute approximate surface area is 182 Å². The van der Waals surface area contributed by atoms with E-state index in [1.165, 1.54) is 17.8 Å². The molecule has 29 heavy (non-hydrogen) atoms. The summed E-state index contributed by atoms with van der Waals surface area (Å²) < 4.78 is 0. The number of benzene rings is 1. The minimum absolute atomic E-state index is 0. The first-order chi connectivity index (χ1) is 13.5. The van der Waals surface area contributed by atoms with Crippen LogP contribution in [-0.2, 0) is 0 Å². The number of carbonyl (C=O) groups is 2. The first kappa shape index (κ1) is 21.8. The van der Waals surface area contributed by atoms with Gasteiger partial charge < -0.3 is 16.0 Å². The van der Waals surface area contributed by atoms with Crippen LogP contribution < -0.4 is 16.0 Å². The van der Waals surface area contributed by atoms with Gasteiger partial charge in [0.2, 0.25) is 0 Å². The fraction of sp³-hybridized carbons (Fsp3) is 0.455. The van der Waals surface area contributed by atoms with E-state index in [0.29, 0.717) is 28.0 Å². The maximum atomic E-state index is 13.2. The lowest BCUT2D eigenvalue weighted by Crippen LogP contribution is -2.53. The van der Waals surface area contributed by atoms with Gasteiger partial charge >= 0.3 is 0 Å². The molecule has 2 bridgehead atoms. The van der Waals surface area contributed by atoms with Gasteiger partial charge in [-0.3, -0.25) is 9.59 Å². The number of hydrogen-bond acceptors (Lipinski definition) is 4. The highest BCUT2D eigenvalue weighted by molar-refractivity contribution is 7.12. The van der Waals surface area contributed by atoms with Gasteiger partial charge in [0.25, 0.3) is 11.8 Å². The van der Waals surface area contributed by atoms with Crippen LogP contribution in [0.2, 0.25) is 0 Å². The molecule has 2 unspecified atom stereocenters. The van der Waals surface area contributed by atoms with E-state index in [-0.39, 0.29) is 36.3 Å². The first-order valence-corrected chi connectivity index (χ1v) is 10.9. The predicted molar refractivity (Wildman–Crippen MR) is 120 cm³/mol. The zero-order valence-corrected chi connectivity index (χ0v) is 18.2. The lowest BCUT2D eigenvalue weighted by molar-refractivity contribution is 0.0756.